The molecule has 0 saturated heterocycles. The summed E-state index contributed by atoms with van der Waals surface area (Å²) in [6, 6.07) is 7.67. The predicted octanol–water partition coefficient (Wildman–Crippen LogP) is 4.11. The third-order valence-corrected chi connectivity index (χ3v) is 4.41. The zero-order valence-corrected chi connectivity index (χ0v) is 13.9. The lowest BCUT2D eigenvalue weighted by molar-refractivity contribution is 0.0688. The molecule has 0 radical (unpaired) electrons. The van der Waals surface area contributed by atoms with Crippen molar-refractivity contribution in [3.8, 4) is 17.0 Å². The number of aromatic nitrogens is 2. The van der Waals surface area contributed by atoms with Gasteiger partial charge in [0.15, 0.2) is 10.7 Å². The number of nitrogens with zero attached hydrogens (tertiary/aromatic N) is 2. The van der Waals surface area contributed by atoms with Gasteiger partial charge >= 0.3 is 5.97 Å². The van der Waals surface area contributed by atoms with Crippen molar-refractivity contribution < 1.29 is 14.6 Å². The second-order valence-electron chi connectivity index (χ2n) is 5.13. The van der Waals surface area contributed by atoms with Crippen molar-refractivity contribution in [1.82, 2.24) is 9.38 Å². The van der Waals surface area contributed by atoms with Gasteiger partial charge in [-0.3, -0.25) is 4.40 Å². The summed E-state index contributed by atoms with van der Waals surface area (Å²) in [4.78, 5) is 17.0. The number of carbonyl (C=O) groups is 1. The summed E-state index contributed by atoms with van der Waals surface area (Å²) in [6.45, 7) is 4.50. The van der Waals surface area contributed by atoms with Crippen LogP contribution in [0.2, 0.25) is 0 Å². The number of para-hydroxylation sites is 1. The van der Waals surface area contributed by atoms with Crippen molar-refractivity contribution in [2.75, 3.05) is 6.61 Å². The number of ether oxygens (including phenoxy) is 1. The summed E-state index contributed by atoms with van der Waals surface area (Å²) in [5.41, 5.74) is 2.58. The largest absolute Gasteiger partial charge is 0.493 e. The SMILES string of the molecule is CCCc1nc2scc(-c3ccccc3OCC)n2c1C(=O)O. The Hall–Kier alpha value is -2.34. The molecule has 1 aromatic carbocycles. The van der Waals surface area contributed by atoms with Crippen LogP contribution in [0.1, 0.15) is 36.5 Å². The zero-order chi connectivity index (χ0) is 16.4. The summed E-state index contributed by atoms with van der Waals surface area (Å²) in [6.07, 6.45) is 1.51. The maximum absolute atomic E-state index is 11.8. The molecular formula is C17H18N2O3S. The summed E-state index contributed by atoms with van der Waals surface area (Å²) in [7, 11) is 0. The van der Waals surface area contributed by atoms with E-state index in [1.54, 1.807) is 4.40 Å². The molecule has 0 bridgehead atoms. The van der Waals surface area contributed by atoms with E-state index in [9.17, 15) is 9.90 Å². The Morgan fingerprint density at radius 2 is 2.13 bits per heavy atom. The molecule has 1 N–H and O–H groups in total. The van der Waals surface area contributed by atoms with E-state index in [0.717, 1.165) is 23.4 Å². The number of fused-ring (bicyclic) bond motifs is 1. The molecule has 0 spiro atoms. The first kappa shape index (κ1) is 15.6. The first-order valence-corrected chi connectivity index (χ1v) is 8.49. The fourth-order valence-electron chi connectivity index (χ4n) is 2.68. The summed E-state index contributed by atoms with van der Waals surface area (Å²) < 4.78 is 7.42. The smallest absolute Gasteiger partial charge is 0.354 e. The standard InChI is InChI=1S/C17H18N2O3S/c1-3-7-12-15(16(20)21)19-13(10-23-17(19)18-12)11-8-5-6-9-14(11)22-4-2/h5-6,8-10H,3-4,7H2,1-2H3,(H,20,21). The topological polar surface area (TPSA) is 63.8 Å². The van der Waals surface area contributed by atoms with E-state index in [-0.39, 0.29) is 5.69 Å². The number of hydrogen-bond acceptors (Lipinski definition) is 4. The minimum absolute atomic E-state index is 0.254. The van der Waals surface area contributed by atoms with Gasteiger partial charge in [-0.15, -0.1) is 11.3 Å². The normalized spacial score (nSPS) is 11.0. The lowest BCUT2D eigenvalue weighted by atomic mass is 10.1. The van der Waals surface area contributed by atoms with Crippen molar-refractivity contribution >= 4 is 22.3 Å². The number of benzene rings is 1. The highest BCUT2D eigenvalue weighted by Crippen LogP contribution is 2.34. The molecule has 0 aliphatic carbocycles. The maximum Gasteiger partial charge on any atom is 0.354 e. The van der Waals surface area contributed by atoms with Gasteiger partial charge in [-0.1, -0.05) is 25.5 Å². The number of aryl methyl sites for hydroxylation is 1. The number of carboxylic acid groups (broad SMARTS) is 1. The van der Waals surface area contributed by atoms with E-state index in [1.165, 1.54) is 11.3 Å². The van der Waals surface area contributed by atoms with Crippen LogP contribution in [0.15, 0.2) is 29.6 Å². The second-order valence-corrected chi connectivity index (χ2v) is 5.97. The molecule has 2 heterocycles. The average Bonchev–Trinajstić information content (AvgIpc) is 3.07. The monoisotopic (exact) mass is 330 g/mol. The number of hydrogen-bond donors (Lipinski definition) is 1. The molecule has 120 valence electrons. The number of imidazole rings is 1. The molecule has 3 aromatic rings. The van der Waals surface area contributed by atoms with Crippen LogP contribution in [0.5, 0.6) is 5.75 Å². The van der Waals surface area contributed by atoms with E-state index < -0.39 is 5.97 Å². The Bertz CT molecular complexity index is 851. The minimum Gasteiger partial charge on any atom is -0.493 e. The van der Waals surface area contributed by atoms with Crippen molar-refractivity contribution in [3.63, 3.8) is 0 Å². The molecule has 3 rings (SSSR count). The average molecular weight is 330 g/mol. The fraction of sp³-hybridized carbons (Fsp3) is 0.294. The Morgan fingerprint density at radius 1 is 1.35 bits per heavy atom. The molecule has 0 amide bonds. The number of rotatable bonds is 6. The first-order valence-electron chi connectivity index (χ1n) is 7.61. The summed E-state index contributed by atoms with van der Waals surface area (Å²) in [5, 5.41) is 11.6. The molecule has 5 nitrogen and oxygen atoms in total. The third kappa shape index (κ3) is 2.70. The van der Waals surface area contributed by atoms with Crippen LogP contribution >= 0.6 is 11.3 Å². The van der Waals surface area contributed by atoms with Gasteiger partial charge in [0.25, 0.3) is 0 Å². The maximum atomic E-state index is 11.8. The highest BCUT2D eigenvalue weighted by Gasteiger charge is 2.23. The third-order valence-electron chi connectivity index (χ3n) is 3.59. The zero-order valence-electron chi connectivity index (χ0n) is 13.1. The van der Waals surface area contributed by atoms with Gasteiger partial charge in [-0.2, -0.15) is 0 Å². The van der Waals surface area contributed by atoms with Crippen molar-refractivity contribution in [1.29, 1.82) is 0 Å². The van der Waals surface area contributed by atoms with Crippen molar-refractivity contribution in [3.05, 3.63) is 41.0 Å². The lowest BCUT2D eigenvalue weighted by Crippen LogP contribution is -2.06. The minimum atomic E-state index is -0.950. The summed E-state index contributed by atoms with van der Waals surface area (Å²) >= 11 is 1.45. The van der Waals surface area contributed by atoms with E-state index >= 15 is 0 Å². The van der Waals surface area contributed by atoms with Crippen LogP contribution in [-0.4, -0.2) is 27.1 Å². The van der Waals surface area contributed by atoms with Gasteiger partial charge in [0, 0.05) is 10.9 Å². The van der Waals surface area contributed by atoms with Crippen LogP contribution in [0.4, 0.5) is 0 Å². The Kier molecular flexibility index (Phi) is 4.34. The molecular weight excluding hydrogens is 312 g/mol. The molecule has 0 fully saturated rings. The quantitative estimate of drug-likeness (QED) is 0.738. The lowest BCUT2D eigenvalue weighted by Gasteiger charge is -2.10. The molecule has 6 heteroatoms. The van der Waals surface area contributed by atoms with Gasteiger partial charge in [0.1, 0.15) is 5.75 Å². The molecule has 2 aromatic heterocycles. The van der Waals surface area contributed by atoms with E-state index in [1.807, 2.05) is 43.5 Å². The second kappa shape index (κ2) is 6.42. The number of carboxylic acids is 1. The first-order chi connectivity index (χ1) is 11.2. The Labute approximate surface area is 138 Å². The van der Waals surface area contributed by atoms with E-state index in [4.69, 9.17) is 4.74 Å². The van der Waals surface area contributed by atoms with Crippen LogP contribution in [0.3, 0.4) is 0 Å². The molecule has 23 heavy (non-hydrogen) atoms. The van der Waals surface area contributed by atoms with Gasteiger partial charge in [-0.25, -0.2) is 9.78 Å². The highest BCUT2D eigenvalue weighted by molar-refractivity contribution is 7.15. The molecule has 0 aliphatic heterocycles. The molecule has 0 atom stereocenters. The summed E-state index contributed by atoms with van der Waals surface area (Å²) in [5.74, 6) is -0.203. The van der Waals surface area contributed by atoms with Crippen LogP contribution < -0.4 is 4.74 Å². The van der Waals surface area contributed by atoms with Gasteiger partial charge < -0.3 is 9.84 Å². The van der Waals surface area contributed by atoms with Crippen molar-refractivity contribution in [2.24, 2.45) is 0 Å². The van der Waals surface area contributed by atoms with Gasteiger partial charge in [-0.05, 0) is 25.5 Å². The predicted molar refractivity (Wildman–Crippen MR) is 90.6 cm³/mol. The Morgan fingerprint density at radius 3 is 2.83 bits per heavy atom. The van der Waals surface area contributed by atoms with Crippen LogP contribution in [0, 0.1) is 0 Å². The molecule has 0 aliphatic rings. The van der Waals surface area contributed by atoms with Gasteiger partial charge in [0.05, 0.1) is 18.0 Å². The molecule has 0 unspecified atom stereocenters. The highest BCUT2D eigenvalue weighted by atomic mass is 32.1. The van der Waals surface area contributed by atoms with Crippen LogP contribution in [-0.2, 0) is 6.42 Å². The van der Waals surface area contributed by atoms with E-state index in [2.05, 4.69) is 4.98 Å². The van der Waals surface area contributed by atoms with E-state index in [0.29, 0.717) is 23.7 Å². The number of thiazole rings is 1. The van der Waals surface area contributed by atoms with Crippen molar-refractivity contribution in [2.45, 2.75) is 26.7 Å². The van der Waals surface area contributed by atoms with Gasteiger partial charge in [0.2, 0.25) is 0 Å². The number of aromatic carboxylic acids is 1. The van der Waals surface area contributed by atoms with Crippen LogP contribution in [0.25, 0.3) is 16.2 Å². The molecule has 0 saturated carbocycles. The Balaban J connectivity index is 2.25. The fourth-order valence-corrected chi connectivity index (χ4v) is 3.59.